The molecule has 1 aliphatic heterocycles. The highest BCUT2D eigenvalue weighted by Gasteiger charge is 2.26. The second kappa shape index (κ2) is 7.64. The second-order valence-corrected chi connectivity index (χ2v) is 6.95. The second-order valence-electron chi connectivity index (χ2n) is 6.95. The number of rotatable bonds is 4. The van der Waals surface area contributed by atoms with Crippen LogP contribution in [0.1, 0.15) is 59.1 Å². The smallest absolute Gasteiger partial charge is 0.289 e. The zero-order valence-electron chi connectivity index (χ0n) is 15.1. The van der Waals surface area contributed by atoms with Crippen molar-refractivity contribution in [3.63, 3.8) is 0 Å². The van der Waals surface area contributed by atoms with Crippen molar-refractivity contribution in [1.82, 2.24) is 10.2 Å². The van der Waals surface area contributed by atoms with Crippen molar-refractivity contribution >= 4 is 11.8 Å². The fourth-order valence-corrected chi connectivity index (χ4v) is 3.15. The van der Waals surface area contributed by atoms with Crippen molar-refractivity contribution < 1.29 is 19.1 Å². The molecule has 2 amide bonds. The Morgan fingerprint density at radius 1 is 1.23 bits per heavy atom. The van der Waals surface area contributed by atoms with E-state index in [-0.39, 0.29) is 35.1 Å². The number of piperidine rings is 1. The molecular formula is C20H24N2O4. The van der Waals surface area contributed by atoms with Gasteiger partial charge in [-0.3, -0.25) is 9.59 Å². The third kappa shape index (κ3) is 3.90. The minimum Gasteiger partial charge on any atom is -0.507 e. The number of aromatic hydroxyl groups is 1. The van der Waals surface area contributed by atoms with Crippen LogP contribution in [0.25, 0.3) is 0 Å². The standard InChI is InChI=1S/C20H24N2O4/c1-13(2)14-5-6-16(17(23)12-14)19(24)21-15-7-9-22(10-8-15)20(25)18-4-3-11-26-18/h3-6,11-13,15,23H,7-10H2,1-2H3,(H,21,24). The Morgan fingerprint density at radius 3 is 2.54 bits per heavy atom. The predicted octanol–water partition coefficient (Wildman–Crippen LogP) is 3.14. The van der Waals surface area contributed by atoms with E-state index in [9.17, 15) is 14.7 Å². The van der Waals surface area contributed by atoms with Crippen molar-refractivity contribution in [3.8, 4) is 5.75 Å². The molecule has 0 spiro atoms. The third-order valence-electron chi connectivity index (χ3n) is 4.78. The lowest BCUT2D eigenvalue weighted by Crippen LogP contribution is -2.46. The number of nitrogens with one attached hydrogen (secondary N) is 1. The van der Waals surface area contributed by atoms with Gasteiger partial charge in [0.25, 0.3) is 11.8 Å². The van der Waals surface area contributed by atoms with Crippen LogP contribution in [-0.2, 0) is 0 Å². The summed E-state index contributed by atoms with van der Waals surface area (Å²) in [7, 11) is 0. The highest BCUT2D eigenvalue weighted by molar-refractivity contribution is 5.97. The topological polar surface area (TPSA) is 82.8 Å². The number of hydrogen-bond donors (Lipinski definition) is 2. The first-order valence-corrected chi connectivity index (χ1v) is 8.92. The lowest BCUT2D eigenvalue weighted by atomic mass is 10.00. The lowest BCUT2D eigenvalue weighted by molar-refractivity contribution is 0.0667. The van der Waals surface area contributed by atoms with Crippen molar-refractivity contribution in [2.45, 2.75) is 38.6 Å². The summed E-state index contributed by atoms with van der Waals surface area (Å²) in [5.74, 6) is 0.214. The lowest BCUT2D eigenvalue weighted by Gasteiger charge is -2.32. The van der Waals surface area contributed by atoms with Gasteiger partial charge in [-0.2, -0.15) is 0 Å². The van der Waals surface area contributed by atoms with Gasteiger partial charge in [-0.25, -0.2) is 0 Å². The van der Waals surface area contributed by atoms with Crippen molar-refractivity contribution in [2.75, 3.05) is 13.1 Å². The van der Waals surface area contributed by atoms with E-state index in [1.165, 1.54) is 6.26 Å². The number of phenolic OH excluding ortho intramolecular Hbond substituents is 1. The molecule has 0 atom stereocenters. The molecule has 0 bridgehead atoms. The summed E-state index contributed by atoms with van der Waals surface area (Å²) in [6, 6.07) is 8.49. The van der Waals surface area contributed by atoms with Gasteiger partial charge >= 0.3 is 0 Å². The number of benzene rings is 1. The van der Waals surface area contributed by atoms with Crippen LogP contribution in [0.3, 0.4) is 0 Å². The number of carbonyl (C=O) groups excluding carboxylic acids is 2. The molecule has 1 aromatic heterocycles. The van der Waals surface area contributed by atoms with Crippen LogP contribution in [0.5, 0.6) is 5.75 Å². The van der Waals surface area contributed by atoms with Gasteiger partial charge in [0.15, 0.2) is 5.76 Å². The molecule has 0 aliphatic carbocycles. The van der Waals surface area contributed by atoms with E-state index in [1.54, 1.807) is 29.2 Å². The fraction of sp³-hybridized carbons (Fsp3) is 0.400. The van der Waals surface area contributed by atoms with Crippen molar-refractivity contribution in [2.24, 2.45) is 0 Å². The predicted molar refractivity (Wildman–Crippen MR) is 97.3 cm³/mol. The Labute approximate surface area is 152 Å². The summed E-state index contributed by atoms with van der Waals surface area (Å²) in [6.07, 6.45) is 2.82. The van der Waals surface area contributed by atoms with E-state index in [1.807, 2.05) is 19.9 Å². The van der Waals surface area contributed by atoms with E-state index >= 15 is 0 Å². The van der Waals surface area contributed by atoms with Crippen LogP contribution >= 0.6 is 0 Å². The van der Waals surface area contributed by atoms with Crippen LogP contribution in [0.15, 0.2) is 41.0 Å². The first kappa shape index (κ1) is 18.0. The van der Waals surface area contributed by atoms with E-state index < -0.39 is 0 Å². The quantitative estimate of drug-likeness (QED) is 0.882. The molecular weight excluding hydrogens is 332 g/mol. The van der Waals surface area contributed by atoms with Gasteiger partial charge in [0.2, 0.25) is 0 Å². The molecule has 1 fully saturated rings. The SMILES string of the molecule is CC(C)c1ccc(C(=O)NC2CCN(C(=O)c3ccco3)CC2)c(O)c1. The van der Waals surface area contributed by atoms with Crippen LogP contribution in [-0.4, -0.2) is 41.0 Å². The van der Waals surface area contributed by atoms with E-state index in [0.29, 0.717) is 31.7 Å². The molecule has 6 heteroatoms. The van der Waals surface area contributed by atoms with E-state index in [2.05, 4.69) is 5.32 Å². The number of hydrogen-bond acceptors (Lipinski definition) is 4. The molecule has 2 aromatic rings. The maximum absolute atomic E-state index is 12.5. The fourth-order valence-electron chi connectivity index (χ4n) is 3.15. The van der Waals surface area contributed by atoms with Crippen LogP contribution in [0.4, 0.5) is 0 Å². The molecule has 3 rings (SSSR count). The van der Waals surface area contributed by atoms with Gasteiger partial charge in [-0.1, -0.05) is 19.9 Å². The molecule has 0 unspecified atom stereocenters. The van der Waals surface area contributed by atoms with Crippen LogP contribution in [0, 0.1) is 0 Å². The summed E-state index contributed by atoms with van der Waals surface area (Å²) in [4.78, 5) is 26.4. The zero-order valence-corrected chi connectivity index (χ0v) is 15.1. The maximum Gasteiger partial charge on any atom is 0.289 e. The van der Waals surface area contributed by atoms with Gasteiger partial charge < -0.3 is 19.7 Å². The summed E-state index contributed by atoms with van der Waals surface area (Å²) in [5, 5.41) is 13.1. The number of phenols is 1. The molecule has 26 heavy (non-hydrogen) atoms. The van der Waals surface area contributed by atoms with Gasteiger partial charge in [0.05, 0.1) is 11.8 Å². The Morgan fingerprint density at radius 2 is 1.96 bits per heavy atom. The number of likely N-dealkylation sites (tertiary alicyclic amines) is 1. The Hall–Kier alpha value is -2.76. The summed E-state index contributed by atoms with van der Waals surface area (Å²) < 4.78 is 5.15. The molecule has 2 N–H and O–H groups in total. The Bertz CT molecular complexity index is 775. The molecule has 1 aromatic carbocycles. The van der Waals surface area contributed by atoms with Crippen LogP contribution < -0.4 is 5.32 Å². The summed E-state index contributed by atoms with van der Waals surface area (Å²) in [6.45, 7) is 5.18. The Balaban J connectivity index is 1.56. The highest BCUT2D eigenvalue weighted by Crippen LogP contribution is 2.24. The van der Waals surface area contributed by atoms with Gasteiger partial charge in [0, 0.05) is 19.1 Å². The van der Waals surface area contributed by atoms with Gasteiger partial charge in [0.1, 0.15) is 5.75 Å². The molecule has 6 nitrogen and oxygen atoms in total. The minimum absolute atomic E-state index is 0.000803. The monoisotopic (exact) mass is 356 g/mol. The average molecular weight is 356 g/mol. The van der Waals surface area contributed by atoms with E-state index in [0.717, 1.165) is 5.56 Å². The number of carbonyl (C=O) groups is 2. The van der Waals surface area contributed by atoms with Gasteiger partial charge in [-0.05, 0) is 48.6 Å². The van der Waals surface area contributed by atoms with Gasteiger partial charge in [-0.15, -0.1) is 0 Å². The number of amides is 2. The minimum atomic E-state index is -0.284. The zero-order chi connectivity index (χ0) is 18.7. The number of nitrogens with zero attached hydrogens (tertiary/aromatic N) is 1. The average Bonchev–Trinajstić information content (AvgIpc) is 3.16. The maximum atomic E-state index is 12.5. The van der Waals surface area contributed by atoms with E-state index in [4.69, 9.17) is 4.42 Å². The summed E-state index contributed by atoms with van der Waals surface area (Å²) >= 11 is 0. The first-order valence-electron chi connectivity index (χ1n) is 8.92. The molecule has 1 saturated heterocycles. The third-order valence-corrected chi connectivity index (χ3v) is 4.78. The molecule has 1 aliphatic rings. The molecule has 2 heterocycles. The largest absolute Gasteiger partial charge is 0.507 e. The molecule has 0 saturated carbocycles. The molecule has 138 valence electrons. The number of furan rings is 1. The summed E-state index contributed by atoms with van der Waals surface area (Å²) in [5.41, 5.74) is 1.27. The van der Waals surface area contributed by atoms with Crippen molar-refractivity contribution in [3.05, 3.63) is 53.5 Å². The van der Waals surface area contributed by atoms with Crippen LogP contribution in [0.2, 0.25) is 0 Å². The molecule has 0 radical (unpaired) electrons. The normalized spacial score (nSPS) is 15.3. The first-order chi connectivity index (χ1) is 12.5. The Kier molecular flexibility index (Phi) is 5.30. The van der Waals surface area contributed by atoms with Crippen molar-refractivity contribution in [1.29, 1.82) is 0 Å². The highest BCUT2D eigenvalue weighted by atomic mass is 16.3.